The average Bonchev–Trinajstić information content (AvgIpc) is 2.69. The number of anilines is 1. The third kappa shape index (κ3) is 5.83. The van der Waals surface area contributed by atoms with E-state index in [1.54, 1.807) is 19.2 Å². The Morgan fingerprint density at radius 1 is 1.13 bits per heavy atom. The lowest BCUT2D eigenvalue weighted by atomic mass is 10.1. The molecule has 0 atom stereocenters. The van der Waals surface area contributed by atoms with Gasteiger partial charge in [-0.05, 0) is 42.8 Å². The number of halogens is 3. The lowest BCUT2D eigenvalue weighted by Gasteiger charge is -2.26. The number of rotatable bonds is 6. The van der Waals surface area contributed by atoms with Crippen molar-refractivity contribution in [2.24, 2.45) is 0 Å². The van der Waals surface area contributed by atoms with Gasteiger partial charge in [-0.2, -0.15) is 0 Å². The van der Waals surface area contributed by atoms with Crippen LogP contribution in [0.3, 0.4) is 0 Å². The molecule has 0 unspecified atom stereocenters. The number of alkyl halides is 3. The van der Waals surface area contributed by atoms with Crippen molar-refractivity contribution in [2.75, 3.05) is 38.2 Å². The van der Waals surface area contributed by atoms with Crippen LogP contribution in [0.25, 0.3) is 0 Å². The number of hydrogen-bond acceptors (Lipinski definition) is 5. The number of carbonyl (C=O) groups excluding carboxylic acids is 1. The van der Waals surface area contributed by atoms with Crippen molar-refractivity contribution < 1.29 is 27.4 Å². The SMILES string of the molecule is Cc1ccn(CCN2CCOCC2)c(=O)c1C(=O)Nc1ccc(OC(F)(F)F)cc1. The molecular weight excluding hydrogens is 403 g/mol. The normalized spacial score (nSPS) is 15.1. The fourth-order valence-electron chi connectivity index (χ4n) is 3.12. The lowest BCUT2D eigenvalue weighted by Crippen LogP contribution is -2.40. The van der Waals surface area contributed by atoms with Crippen molar-refractivity contribution in [1.82, 2.24) is 9.47 Å². The number of pyridine rings is 1. The Bertz CT molecular complexity index is 936. The molecule has 10 heteroatoms. The predicted octanol–water partition coefficient (Wildman–Crippen LogP) is 2.64. The van der Waals surface area contributed by atoms with E-state index in [1.807, 2.05) is 0 Å². The molecule has 1 aromatic heterocycles. The second-order valence-corrected chi connectivity index (χ2v) is 6.85. The molecule has 7 nitrogen and oxygen atoms in total. The molecule has 3 rings (SSSR count). The number of benzene rings is 1. The number of nitrogens with zero attached hydrogens (tertiary/aromatic N) is 2. The Hall–Kier alpha value is -2.85. The Labute approximate surface area is 171 Å². The summed E-state index contributed by atoms with van der Waals surface area (Å²) in [6.07, 6.45) is -3.14. The fraction of sp³-hybridized carbons (Fsp3) is 0.400. The third-order valence-electron chi connectivity index (χ3n) is 4.71. The smallest absolute Gasteiger partial charge is 0.406 e. The average molecular weight is 425 g/mol. The number of hydrogen-bond donors (Lipinski definition) is 1. The molecule has 1 aliphatic heterocycles. The topological polar surface area (TPSA) is 72.8 Å². The summed E-state index contributed by atoms with van der Waals surface area (Å²) in [4.78, 5) is 27.7. The summed E-state index contributed by atoms with van der Waals surface area (Å²) in [6.45, 7) is 5.65. The third-order valence-corrected chi connectivity index (χ3v) is 4.71. The van der Waals surface area contributed by atoms with Crippen molar-refractivity contribution in [3.8, 4) is 5.75 Å². The van der Waals surface area contributed by atoms with Gasteiger partial charge in [0.25, 0.3) is 11.5 Å². The van der Waals surface area contributed by atoms with E-state index < -0.39 is 23.6 Å². The largest absolute Gasteiger partial charge is 0.573 e. The maximum atomic E-state index is 12.8. The maximum Gasteiger partial charge on any atom is 0.573 e. The number of aromatic nitrogens is 1. The zero-order valence-electron chi connectivity index (χ0n) is 16.4. The predicted molar refractivity (Wildman–Crippen MR) is 104 cm³/mol. The summed E-state index contributed by atoms with van der Waals surface area (Å²) >= 11 is 0. The van der Waals surface area contributed by atoms with Crippen molar-refractivity contribution in [2.45, 2.75) is 19.8 Å². The molecule has 1 aliphatic rings. The number of amides is 1. The van der Waals surface area contributed by atoms with E-state index in [4.69, 9.17) is 4.74 Å². The van der Waals surface area contributed by atoms with Gasteiger partial charge in [0, 0.05) is 38.1 Å². The van der Waals surface area contributed by atoms with Gasteiger partial charge in [-0.1, -0.05) is 0 Å². The molecule has 0 saturated carbocycles. The van der Waals surface area contributed by atoms with E-state index in [1.165, 1.54) is 16.7 Å². The minimum absolute atomic E-state index is 0.00454. The van der Waals surface area contributed by atoms with Gasteiger partial charge in [0.15, 0.2) is 0 Å². The molecule has 1 amide bonds. The number of morpholine rings is 1. The van der Waals surface area contributed by atoms with Gasteiger partial charge in [-0.3, -0.25) is 14.5 Å². The zero-order valence-corrected chi connectivity index (χ0v) is 16.4. The summed E-state index contributed by atoms with van der Waals surface area (Å²) in [5, 5.41) is 2.55. The molecule has 1 N–H and O–H groups in total. The highest BCUT2D eigenvalue weighted by molar-refractivity contribution is 6.05. The lowest BCUT2D eigenvalue weighted by molar-refractivity contribution is -0.274. The molecule has 1 fully saturated rings. The highest BCUT2D eigenvalue weighted by Crippen LogP contribution is 2.24. The monoisotopic (exact) mass is 425 g/mol. The zero-order chi connectivity index (χ0) is 21.7. The molecule has 0 spiro atoms. The van der Waals surface area contributed by atoms with Gasteiger partial charge in [-0.25, -0.2) is 0 Å². The van der Waals surface area contributed by atoms with E-state index >= 15 is 0 Å². The molecule has 30 heavy (non-hydrogen) atoms. The van der Waals surface area contributed by atoms with Crippen molar-refractivity contribution in [3.63, 3.8) is 0 Å². The molecule has 1 saturated heterocycles. The van der Waals surface area contributed by atoms with Gasteiger partial charge in [0.2, 0.25) is 0 Å². The van der Waals surface area contributed by atoms with Crippen LogP contribution in [-0.4, -0.2) is 54.6 Å². The maximum absolute atomic E-state index is 12.8. The van der Waals surface area contributed by atoms with Crippen LogP contribution in [0.1, 0.15) is 15.9 Å². The second-order valence-electron chi connectivity index (χ2n) is 6.85. The minimum atomic E-state index is -4.79. The van der Waals surface area contributed by atoms with E-state index in [-0.39, 0.29) is 11.3 Å². The molecule has 2 aromatic rings. The molecule has 1 aromatic carbocycles. The van der Waals surface area contributed by atoms with Crippen molar-refractivity contribution >= 4 is 11.6 Å². The Morgan fingerprint density at radius 3 is 2.43 bits per heavy atom. The molecule has 0 aliphatic carbocycles. The summed E-state index contributed by atoms with van der Waals surface area (Å²) in [7, 11) is 0. The highest BCUT2D eigenvalue weighted by atomic mass is 19.4. The van der Waals surface area contributed by atoms with E-state index in [9.17, 15) is 22.8 Å². The van der Waals surface area contributed by atoms with Crippen LogP contribution >= 0.6 is 0 Å². The first kappa shape index (κ1) is 21.8. The van der Waals surface area contributed by atoms with Crippen LogP contribution in [0.15, 0.2) is 41.3 Å². The van der Waals surface area contributed by atoms with Crippen LogP contribution in [0.4, 0.5) is 18.9 Å². The Balaban J connectivity index is 1.69. The van der Waals surface area contributed by atoms with E-state index in [2.05, 4.69) is 15.0 Å². The Morgan fingerprint density at radius 2 is 1.80 bits per heavy atom. The van der Waals surface area contributed by atoms with Crippen LogP contribution in [0.5, 0.6) is 5.75 Å². The summed E-state index contributed by atoms with van der Waals surface area (Å²) < 4.78 is 47.3. The first-order valence-corrected chi connectivity index (χ1v) is 9.40. The van der Waals surface area contributed by atoms with Crippen LogP contribution in [0, 0.1) is 6.92 Å². The number of nitrogens with one attached hydrogen (secondary N) is 1. The first-order chi connectivity index (χ1) is 14.2. The summed E-state index contributed by atoms with van der Waals surface area (Å²) in [5.74, 6) is -1.02. The van der Waals surface area contributed by atoms with Gasteiger partial charge in [-0.15, -0.1) is 13.2 Å². The molecule has 162 valence electrons. The fourth-order valence-corrected chi connectivity index (χ4v) is 3.12. The molecule has 2 heterocycles. The second kappa shape index (κ2) is 9.31. The van der Waals surface area contributed by atoms with E-state index in [0.717, 1.165) is 25.2 Å². The summed E-state index contributed by atoms with van der Waals surface area (Å²) in [5.41, 5.74) is 0.335. The standard InChI is InChI=1S/C20H22F3N3O4/c1-14-6-7-26(9-8-25-10-12-29-13-11-25)19(28)17(14)18(27)24-15-2-4-16(5-3-15)30-20(21,22)23/h2-7H,8-13H2,1H3,(H,24,27). The van der Waals surface area contributed by atoms with Gasteiger partial charge in [0.1, 0.15) is 11.3 Å². The molecule has 0 radical (unpaired) electrons. The Kier molecular flexibility index (Phi) is 6.78. The van der Waals surface area contributed by atoms with Gasteiger partial charge in [0.05, 0.1) is 13.2 Å². The van der Waals surface area contributed by atoms with Gasteiger partial charge >= 0.3 is 6.36 Å². The number of aryl methyl sites for hydroxylation is 1. The van der Waals surface area contributed by atoms with Crippen molar-refractivity contribution in [1.29, 1.82) is 0 Å². The van der Waals surface area contributed by atoms with Crippen molar-refractivity contribution in [3.05, 3.63) is 58.0 Å². The quantitative estimate of drug-likeness (QED) is 0.771. The number of ether oxygens (including phenoxy) is 2. The summed E-state index contributed by atoms with van der Waals surface area (Å²) in [6, 6.07) is 6.40. The van der Waals surface area contributed by atoms with Crippen LogP contribution < -0.4 is 15.6 Å². The van der Waals surface area contributed by atoms with Crippen LogP contribution in [-0.2, 0) is 11.3 Å². The van der Waals surface area contributed by atoms with Crippen LogP contribution in [0.2, 0.25) is 0 Å². The minimum Gasteiger partial charge on any atom is -0.406 e. The molecule has 0 bridgehead atoms. The molecular formula is C20H22F3N3O4. The first-order valence-electron chi connectivity index (χ1n) is 9.40. The van der Waals surface area contributed by atoms with Gasteiger partial charge < -0.3 is 19.4 Å². The number of carbonyl (C=O) groups is 1. The highest BCUT2D eigenvalue weighted by Gasteiger charge is 2.31. The van der Waals surface area contributed by atoms with E-state index in [0.29, 0.717) is 31.9 Å².